The summed E-state index contributed by atoms with van der Waals surface area (Å²) >= 11 is 0. The minimum Gasteiger partial charge on any atom is -0.317 e. The minimum atomic E-state index is 0.381. The molecule has 0 radical (unpaired) electrons. The van der Waals surface area contributed by atoms with Crippen LogP contribution in [0.2, 0.25) is 0 Å². The molecule has 1 aliphatic carbocycles. The summed E-state index contributed by atoms with van der Waals surface area (Å²) in [6, 6.07) is 0.636. The smallest absolute Gasteiger partial charge is 0.149 e. The van der Waals surface area contributed by atoms with Gasteiger partial charge in [0.1, 0.15) is 5.78 Å². The highest BCUT2D eigenvalue weighted by Crippen LogP contribution is 2.26. The van der Waals surface area contributed by atoms with Crippen molar-refractivity contribution < 1.29 is 4.79 Å². The molecule has 0 spiro atoms. The first-order valence-corrected chi connectivity index (χ1v) is 7.78. The predicted molar refractivity (Wildman–Crippen MR) is 74.7 cm³/mol. The molecule has 1 aliphatic heterocycles. The van der Waals surface area contributed by atoms with Gasteiger partial charge in [0.05, 0.1) is 6.54 Å². The zero-order valence-electron chi connectivity index (χ0n) is 11.8. The molecule has 104 valence electrons. The lowest BCUT2D eigenvalue weighted by molar-refractivity contribution is -0.124. The number of rotatable bonds is 6. The van der Waals surface area contributed by atoms with Gasteiger partial charge >= 0.3 is 0 Å². The lowest BCUT2D eigenvalue weighted by Crippen LogP contribution is -2.46. The summed E-state index contributed by atoms with van der Waals surface area (Å²) in [5.74, 6) is 0.894. The van der Waals surface area contributed by atoms with Gasteiger partial charge < -0.3 is 5.32 Å². The summed E-state index contributed by atoms with van der Waals surface area (Å²) < 4.78 is 0. The predicted octanol–water partition coefficient (Wildman–Crippen LogP) is 2.21. The van der Waals surface area contributed by atoms with Crippen molar-refractivity contribution in [3.63, 3.8) is 0 Å². The molecule has 3 heteroatoms. The third-order valence-corrected chi connectivity index (χ3v) is 4.51. The van der Waals surface area contributed by atoms with Crippen molar-refractivity contribution in [1.29, 1.82) is 0 Å². The van der Waals surface area contributed by atoms with Gasteiger partial charge in [-0.3, -0.25) is 9.69 Å². The number of hydrogen-bond donors (Lipinski definition) is 1. The summed E-state index contributed by atoms with van der Waals surface area (Å²) in [5.41, 5.74) is 0. The maximum absolute atomic E-state index is 12.3. The molecule has 0 aromatic carbocycles. The van der Waals surface area contributed by atoms with Crippen LogP contribution in [0.3, 0.4) is 0 Å². The van der Waals surface area contributed by atoms with Gasteiger partial charge in [-0.2, -0.15) is 0 Å². The summed E-state index contributed by atoms with van der Waals surface area (Å²) in [4.78, 5) is 14.8. The zero-order valence-corrected chi connectivity index (χ0v) is 11.8. The Morgan fingerprint density at radius 2 is 1.83 bits per heavy atom. The molecule has 0 atom stereocenters. The Balaban J connectivity index is 1.85. The highest BCUT2D eigenvalue weighted by molar-refractivity contribution is 5.83. The van der Waals surface area contributed by atoms with E-state index in [2.05, 4.69) is 17.1 Å². The van der Waals surface area contributed by atoms with Gasteiger partial charge in [-0.1, -0.05) is 19.8 Å². The maximum Gasteiger partial charge on any atom is 0.149 e. The number of ketones is 1. The van der Waals surface area contributed by atoms with Gasteiger partial charge in [0, 0.05) is 12.0 Å². The third kappa shape index (κ3) is 3.79. The van der Waals surface area contributed by atoms with E-state index in [-0.39, 0.29) is 0 Å². The molecule has 3 nitrogen and oxygen atoms in total. The average Bonchev–Trinajstić information content (AvgIpc) is 2.93. The Labute approximate surface area is 111 Å². The molecule has 0 bridgehead atoms. The van der Waals surface area contributed by atoms with Crippen molar-refractivity contribution >= 4 is 5.78 Å². The van der Waals surface area contributed by atoms with Gasteiger partial charge in [-0.05, 0) is 51.7 Å². The van der Waals surface area contributed by atoms with E-state index < -0.39 is 0 Å². The number of nitrogens with zero attached hydrogens (tertiary/aromatic N) is 1. The third-order valence-electron chi connectivity index (χ3n) is 4.51. The molecule has 1 heterocycles. The van der Waals surface area contributed by atoms with E-state index in [0.29, 0.717) is 24.3 Å². The molecule has 1 N–H and O–H groups in total. The Hall–Kier alpha value is -0.410. The lowest BCUT2D eigenvalue weighted by Gasteiger charge is -2.34. The van der Waals surface area contributed by atoms with Crippen LogP contribution in [0.4, 0.5) is 0 Å². The Morgan fingerprint density at radius 1 is 1.17 bits per heavy atom. The second-order valence-electron chi connectivity index (χ2n) is 5.90. The Morgan fingerprint density at radius 3 is 2.44 bits per heavy atom. The number of Topliss-reactive ketones (excluding diaryl/α,β-unsaturated/α-hetero) is 1. The van der Waals surface area contributed by atoms with Crippen LogP contribution < -0.4 is 5.32 Å². The molecule has 2 fully saturated rings. The molecular formula is C15H28N2O. The molecule has 2 rings (SSSR count). The van der Waals surface area contributed by atoms with Crippen molar-refractivity contribution in [2.45, 2.75) is 57.9 Å². The molecule has 0 aromatic heterocycles. The maximum atomic E-state index is 12.3. The molecular weight excluding hydrogens is 224 g/mol. The Bertz CT molecular complexity index is 255. The van der Waals surface area contributed by atoms with Crippen LogP contribution in [0.5, 0.6) is 0 Å². The standard InChI is InChI=1S/C15H28N2O/c1-2-11-17(14-7-9-16-10-8-14)12-15(18)13-5-3-4-6-13/h13-14,16H,2-12H2,1H3. The second kappa shape index (κ2) is 7.25. The van der Waals surface area contributed by atoms with E-state index >= 15 is 0 Å². The van der Waals surface area contributed by atoms with Crippen LogP contribution in [-0.4, -0.2) is 42.9 Å². The van der Waals surface area contributed by atoms with Gasteiger partial charge in [-0.25, -0.2) is 0 Å². The van der Waals surface area contributed by atoms with Crippen molar-refractivity contribution in [1.82, 2.24) is 10.2 Å². The van der Waals surface area contributed by atoms with Crippen molar-refractivity contribution in [3.8, 4) is 0 Å². The number of carbonyl (C=O) groups excluding carboxylic acids is 1. The van der Waals surface area contributed by atoms with Crippen LogP contribution in [-0.2, 0) is 4.79 Å². The van der Waals surface area contributed by atoms with Gasteiger partial charge in [0.15, 0.2) is 0 Å². The van der Waals surface area contributed by atoms with E-state index in [0.717, 1.165) is 38.9 Å². The average molecular weight is 252 g/mol. The quantitative estimate of drug-likeness (QED) is 0.786. The Kier molecular flexibility index (Phi) is 5.64. The fourth-order valence-corrected chi connectivity index (χ4v) is 3.43. The first-order valence-electron chi connectivity index (χ1n) is 7.78. The largest absolute Gasteiger partial charge is 0.317 e. The summed E-state index contributed by atoms with van der Waals surface area (Å²) in [6.45, 7) is 6.24. The van der Waals surface area contributed by atoms with E-state index in [9.17, 15) is 4.79 Å². The van der Waals surface area contributed by atoms with Crippen molar-refractivity contribution in [2.75, 3.05) is 26.2 Å². The monoisotopic (exact) mass is 252 g/mol. The van der Waals surface area contributed by atoms with Crippen LogP contribution in [0, 0.1) is 5.92 Å². The van der Waals surface area contributed by atoms with Crippen LogP contribution in [0.15, 0.2) is 0 Å². The highest BCUT2D eigenvalue weighted by atomic mass is 16.1. The van der Waals surface area contributed by atoms with Gasteiger partial charge in [0.25, 0.3) is 0 Å². The normalized spacial score (nSPS) is 22.8. The molecule has 0 amide bonds. The van der Waals surface area contributed by atoms with E-state index in [1.807, 2.05) is 0 Å². The fraction of sp³-hybridized carbons (Fsp3) is 0.933. The molecule has 18 heavy (non-hydrogen) atoms. The van der Waals surface area contributed by atoms with E-state index in [4.69, 9.17) is 0 Å². The van der Waals surface area contributed by atoms with E-state index in [1.165, 1.54) is 25.7 Å². The topological polar surface area (TPSA) is 32.3 Å². The molecule has 1 saturated heterocycles. The van der Waals surface area contributed by atoms with Crippen molar-refractivity contribution in [3.05, 3.63) is 0 Å². The van der Waals surface area contributed by atoms with Crippen LogP contribution in [0.25, 0.3) is 0 Å². The molecule has 0 unspecified atom stereocenters. The number of piperidine rings is 1. The molecule has 0 aromatic rings. The molecule has 1 saturated carbocycles. The summed E-state index contributed by atoms with van der Waals surface area (Å²) in [6.07, 6.45) is 8.38. The fourth-order valence-electron chi connectivity index (χ4n) is 3.43. The first kappa shape index (κ1) is 14.0. The number of carbonyl (C=O) groups is 1. The summed E-state index contributed by atoms with van der Waals surface area (Å²) in [7, 11) is 0. The zero-order chi connectivity index (χ0) is 12.8. The van der Waals surface area contributed by atoms with Gasteiger partial charge in [0.2, 0.25) is 0 Å². The van der Waals surface area contributed by atoms with Crippen LogP contribution >= 0.6 is 0 Å². The van der Waals surface area contributed by atoms with Crippen LogP contribution in [0.1, 0.15) is 51.9 Å². The minimum absolute atomic E-state index is 0.381. The summed E-state index contributed by atoms with van der Waals surface area (Å²) in [5, 5.41) is 3.41. The molecule has 2 aliphatic rings. The second-order valence-corrected chi connectivity index (χ2v) is 5.90. The highest BCUT2D eigenvalue weighted by Gasteiger charge is 2.27. The number of nitrogens with one attached hydrogen (secondary N) is 1. The lowest BCUT2D eigenvalue weighted by atomic mass is 9.99. The SMILES string of the molecule is CCCN(CC(=O)C1CCCC1)C1CCNCC1. The van der Waals surface area contributed by atoms with E-state index in [1.54, 1.807) is 0 Å². The number of hydrogen-bond acceptors (Lipinski definition) is 3. The first-order chi connectivity index (χ1) is 8.81. The van der Waals surface area contributed by atoms with Gasteiger partial charge in [-0.15, -0.1) is 0 Å². The van der Waals surface area contributed by atoms with Crippen molar-refractivity contribution in [2.24, 2.45) is 5.92 Å².